The average molecular weight is 303 g/mol. The van der Waals surface area contributed by atoms with Gasteiger partial charge in [-0.3, -0.25) is 10.2 Å². The van der Waals surface area contributed by atoms with Crippen molar-refractivity contribution < 1.29 is 14.1 Å². The lowest BCUT2D eigenvalue weighted by Gasteiger charge is -2.17. The molecule has 1 N–H and O–H groups in total. The molecule has 0 bridgehead atoms. The molecule has 0 atom stereocenters. The van der Waals surface area contributed by atoms with Gasteiger partial charge in [0.05, 0.1) is 7.11 Å². The molecule has 2 aromatic rings. The van der Waals surface area contributed by atoms with E-state index in [1.54, 1.807) is 32.4 Å². The van der Waals surface area contributed by atoms with Gasteiger partial charge in [0.25, 0.3) is 0 Å². The number of anilines is 2. The Balaban J connectivity index is 2.06. The van der Waals surface area contributed by atoms with Crippen molar-refractivity contribution in [2.24, 2.45) is 0 Å². The Bertz CT molecular complexity index is 641. The van der Waals surface area contributed by atoms with E-state index in [4.69, 9.17) is 9.26 Å². The van der Waals surface area contributed by atoms with Gasteiger partial charge in [-0.25, -0.2) is 4.79 Å². The van der Waals surface area contributed by atoms with Crippen LogP contribution in [0.1, 0.15) is 26.5 Å². The van der Waals surface area contributed by atoms with Crippen LogP contribution in [0.15, 0.2) is 34.9 Å². The summed E-state index contributed by atoms with van der Waals surface area (Å²) in [6.45, 7) is 6.05. The summed E-state index contributed by atoms with van der Waals surface area (Å²) < 4.78 is 10.3. The van der Waals surface area contributed by atoms with E-state index in [1.807, 2.05) is 32.9 Å². The minimum Gasteiger partial charge on any atom is -0.497 e. The van der Waals surface area contributed by atoms with E-state index in [0.29, 0.717) is 5.82 Å². The molecule has 0 saturated carbocycles. The minimum absolute atomic E-state index is 0.155. The zero-order valence-electron chi connectivity index (χ0n) is 13.5. The monoisotopic (exact) mass is 303 g/mol. The van der Waals surface area contributed by atoms with E-state index in [2.05, 4.69) is 10.5 Å². The Hall–Kier alpha value is -2.50. The standard InChI is InChI=1S/C16H21N3O3/c1-16(2,3)13-10-14(18-22-13)17-15(20)19(4)11-6-8-12(21-5)9-7-11/h6-10H,1-5H3,(H,17,18,20). The summed E-state index contributed by atoms with van der Waals surface area (Å²) >= 11 is 0. The van der Waals surface area contributed by atoms with E-state index in [9.17, 15) is 4.79 Å². The van der Waals surface area contributed by atoms with Crippen LogP contribution in [0.3, 0.4) is 0 Å². The third-order valence-corrected chi connectivity index (χ3v) is 3.25. The highest BCUT2D eigenvalue weighted by atomic mass is 16.5. The molecule has 0 unspecified atom stereocenters. The number of rotatable bonds is 3. The van der Waals surface area contributed by atoms with Crippen molar-refractivity contribution in [2.75, 3.05) is 24.4 Å². The molecule has 1 heterocycles. The Kier molecular flexibility index (Phi) is 4.40. The number of nitrogens with one attached hydrogen (secondary N) is 1. The summed E-state index contributed by atoms with van der Waals surface area (Å²) in [6.07, 6.45) is 0. The second-order valence-corrected chi connectivity index (χ2v) is 6.01. The fraction of sp³-hybridized carbons (Fsp3) is 0.375. The summed E-state index contributed by atoms with van der Waals surface area (Å²) in [6, 6.07) is 8.65. The largest absolute Gasteiger partial charge is 0.497 e. The number of amides is 2. The van der Waals surface area contributed by atoms with Crippen molar-refractivity contribution in [3.63, 3.8) is 0 Å². The van der Waals surface area contributed by atoms with Gasteiger partial charge < -0.3 is 9.26 Å². The summed E-state index contributed by atoms with van der Waals surface area (Å²) in [5, 5.41) is 6.58. The van der Waals surface area contributed by atoms with Gasteiger partial charge in [-0.05, 0) is 24.3 Å². The molecule has 0 aliphatic rings. The van der Waals surface area contributed by atoms with Crippen molar-refractivity contribution in [2.45, 2.75) is 26.2 Å². The first kappa shape index (κ1) is 15.9. The van der Waals surface area contributed by atoms with Gasteiger partial charge in [-0.2, -0.15) is 0 Å². The lowest BCUT2D eigenvalue weighted by atomic mass is 9.93. The van der Waals surface area contributed by atoms with Crippen LogP contribution >= 0.6 is 0 Å². The van der Waals surface area contributed by atoms with Crippen molar-refractivity contribution in [3.8, 4) is 5.75 Å². The van der Waals surface area contributed by atoms with E-state index in [-0.39, 0.29) is 11.4 Å². The van der Waals surface area contributed by atoms with Crippen LogP contribution in [-0.4, -0.2) is 25.3 Å². The van der Waals surface area contributed by atoms with Crippen LogP contribution in [0.25, 0.3) is 0 Å². The average Bonchev–Trinajstić information content (AvgIpc) is 2.95. The molecular formula is C16H21N3O3. The van der Waals surface area contributed by atoms with Crippen LogP contribution in [0.5, 0.6) is 5.75 Å². The van der Waals surface area contributed by atoms with Crippen LogP contribution in [-0.2, 0) is 5.41 Å². The smallest absolute Gasteiger partial charge is 0.327 e. The second-order valence-electron chi connectivity index (χ2n) is 6.01. The molecule has 118 valence electrons. The number of methoxy groups -OCH3 is 1. The Labute approximate surface area is 130 Å². The molecule has 0 spiro atoms. The lowest BCUT2D eigenvalue weighted by molar-refractivity contribution is 0.257. The molecule has 2 amide bonds. The maximum Gasteiger partial charge on any atom is 0.327 e. The molecule has 1 aromatic carbocycles. The van der Waals surface area contributed by atoms with E-state index >= 15 is 0 Å². The van der Waals surface area contributed by atoms with Crippen LogP contribution in [0.2, 0.25) is 0 Å². The Morgan fingerprint density at radius 1 is 1.27 bits per heavy atom. The van der Waals surface area contributed by atoms with Gasteiger partial charge in [0.15, 0.2) is 5.82 Å². The number of nitrogens with zero attached hydrogens (tertiary/aromatic N) is 2. The van der Waals surface area contributed by atoms with Crippen LogP contribution in [0.4, 0.5) is 16.3 Å². The van der Waals surface area contributed by atoms with Gasteiger partial charge in [-0.1, -0.05) is 25.9 Å². The SMILES string of the molecule is COc1ccc(N(C)C(=O)Nc2cc(C(C)(C)C)on2)cc1. The molecule has 0 saturated heterocycles. The van der Waals surface area contributed by atoms with Crippen molar-refractivity contribution in [1.29, 1.82) is 0 Å². The molecule has 0 aliphatic heterocycles. The molecule has 0 aliphatic carbocycles. The fourth-order valence-corrected chi connectivity index (χ4v) is 1.80. The summed E-state index contributed by atoms with van der Waals surface area (Å²) in [5.74, 6) is 1.86. The highest BCUT2D eigenvalue weighted by Gasteiger charge is 2.21. The van der Waals surface area contributed by atoms with Gasteiger partial charge in [-0.15, -0.1) is 0 Å². The number of carbonyl (C=O) groups is 1. The number of aromatic nitrogens is 1. The first-order valence-corrected chi connectivity index (χ1v) is 6.97. The molecule has 0 radical (unpaired) electrons. The minimum atomic E-state index is -0.293. The fourth-order valence-electron chi connectivity index (χ4n) is 1.80. The highest BCUT2D eigenvalue weighted by Crippen LogP contribution is 2.25. The van der Waals surface area contributed by atoms with Crippen molar-refractivity contribution in [1.82, 2.24) is 5.16 Å². The van der Waals surface area contributed by atoms with Gasteiger partial charge in [0.1, 0.15) is 11.5 Å². The zero-order valence-corrected chi connectivity index (χ0v) is 13.5. The molecular weight excluding hydrogens is 282 g/mol. The lowest BCUT2D eigenvalue weighted by Crippen LogP contribution is -2.31. The molecule has 22 heavy (non-hydrogen) atoms. The normalized spacial score (nSPS) is 11.1. The molecule has 0 fully saturated rings. The summed E-state index contributed by atoms with van der Waals surface area (Å²) in [5.41, 5.74) is 0.593. The number of benzene rings is 1. The zero-order chi connectivity index (χ0) is 16.3. The highest BCUT2D eigenvalue weighted by molar-refractivity contribution is 6.00. The second kappa shape index (κ2) is 6.09. The van der Waals surface area contributed by atoms with Gasteiger partial charge in [0, 0.05) is 24.2 Å². The Morgan fingerprint density at radius 2 is 1.91 bits per heavy atom. The first-order valence-electron chi connectivity index (χ1n) is 6.97. The summed E-state index contributed by atoms with van der Waals surface area (Å²) in [7, 11) is 3.28. The van der Waals surface area contributed by atoms with Gasteiger partial charge >= 0.3 is 6.03 Å². The first-order chi connectivity index (χ1) is 10.3. The van der Waals surface area contributed by atoms with Crippen molar-refractivity contribution in [3.05, 3.63) is 36.1 Å². The molecule has 6 nitrogen and oxygen atoms in total. The molecule has 2 rings (SSSR count). The number of hydrogen-bond acceptors (Lipinski definition) is 4. The van der Waals surface area contributed by atoms with Crippen LogP contribution in [0, 0.1) is 0 Å². The third kappa shape index (κ3) is 3.58. The number of ether oxygens (including phenoxy) is 1. The quantitative estimate of drug-likeness (QED) is 0.939. The van der Waals surface area contributed by atoms with Crippen molar-refractivity contribution >= 4 is 17.5 Å². The van der Waals surface area contributed by atoms with E-state index in [0.717, 1.165) is 17.2 Å². The van der Waals surface area contributed by atoms with Gasteiger partial charge in [0.2, 0.25) is 0 Å². The predicted octanol–water partition coefficient (Wildman–Crippen LogP) is 3.65. The predicted molar refractivity (Wildman–Crippen MR) is 85.6 cm³/mol. The molecule has 1 aromatic heterocycles. The van der Waals surface area contributed by atoms with Crippen LogP contribution < -0.4 is 15.0 Å². The topological polar surface area (TPSA) is 67.6 Å². The van der Waals surface area contributed by atoms with E-state index < -0.39 is 0 Å². The molecule has 6 heteroatoms. The Morgan fingerprint density at radius 3 is 2.41 bits per heavy atom. The number of carbonyl (C=O) groups excluding carboxylic acids is 1. The summed E-state index contributed by atoms with van der Waals surface area (Å²) in [4.78, 5) is 13.7. The third-order valence-electron chi connectivity index (χ3n) is 3.25. The van der Waals surface area contributed by atoms with E-state index in [1.165, 1.54) is 4.90 Å². The number of urea groups is 1. The number of hydrogen-bond donors (Lipinski definition) is 1. The maximum atomic E-state index is 12.2. The maximum absolute atomic E-state index is 12.2.